The zero-order chi connectivity index (χ0) is 13.8. The van der Waals surface area contributed by atoms with Crippen molar-refractivity contribution in [2.45, 2.75) is 13.5 Å². The summed E-state index contributed by atoms with van der Waals surface area (Å²) in [7, 11) is 0. The molecule has 1 aromatic carbocycles. The van der Waals surface area contributed by atoms with Crippen molar-refractivity contribution < 1.29 is 4.39 Å². The Morgan fingerprint density at radius 1 is 1.47 bits per heavy atom. The van der Waals surface area contributed by atoms with Crippen LogP contribution in [0, 0.1) is 24.6 Å². The number of nitrogens with zero attached hydrogens (tertiary/aromatic N) is 2. The van der Waals surface area contributed by atoms with E-state index in [0.29, 0.717) is 17.1 Å². The molecule has 2 aromatic rings. The van der Waals surface area contributed by atoms with E-state index >= 15 is 0 Å². The number of rotatable bonds is 2. The van der Waals surface area contributed by atoms with Gasteiger partial charge in [-0.25, -0.2) is 4.39 Å². The van der Waals surface area contributed by atoms with E-state index in [1.54, 1.807) is 23.0 Å². The second-order valence-corrected chi connectivity index (χ2v) is 4.49. The second-order valence-electron chi connectivity index (χ2n) is 4.08. The Bertz CT molecular complexity index is 633. The van der Waals surface area contributed by atoms with Crippen LogP contribution in [0.25, 0.3) is 0 Å². The summed E-state index contributed by atoms with van der Waals surface area (Å²) in [5.74, 6) is 5.01. The highest BCUT2D eigenvalue weighted by molar-refractivity contribution is 6.31. The van der Waals surface area contributed by atoms with E-state index < -0.39 is 0 Å². The highest BCUT2D eigenvalue weighted by atomic mass is 35.5. The minimum absolute atomic E-state index is 0.206. The molecule has 0 unspecified atom stereocenters. The number of nitrogens with two attached hydrogens (primary N) is 1. The first-order chi connectivity index (χ1) is 9.10. The highest BCUT2D eigenvalue weighted by Gasteiger charge is 2.05. The van der Waals surface area contributed by atoms with E-state index in [1.807, 2.05) is 6.92 Å². The molecule has 98 valence electrons. The van der Waals surface area contributed by atoms with Gasteiger partial charge in [0.1, 0.15) is 5.82 Å². The van der Waals surface area contributed by atoms with Gasteiger partial charge >= 0.3 is 0 Å². The summed E-state index contributed by atoms with van der Waals surface area (Å²) >= 11 is 5.94. The predicted octanol–water partition coefficient (Wildman–Crippen LogP) is 2.34. The molecule has 0 fully saturated rings. The molecule has 0 saturated carbocycles. The Labute approximate surface area is 116 Å². The fourth-order valence-electron chi connectivity index (χ4n) is 1.67. The van der Waals surface area contributed by atoms with E-state index in [9.17, 15) is 4.39 Å². The molecule has 1 heterocycles. The van der Waals surface area contributed by atoms with Crippen molar-refractivity contribution >= 4 is 11.6 Å². The summed E-state index contributed by atoms with van der Waals surface area (Å²) in [5.41, 5.74) is 7.30. The lowest BCUT2D eigenvalue weighted by molar-refractivity contribution is 0.620. The lowest BCUT2D eigenvalue weighted by Gasteiger charge is -2.03. The molecular formula is C14H13ClFN3. The molecule has 19 heavy (non-hydrogen) atoms. The van der Waals surface area contributed by atoms with Crippen LogP contribution in [-0.4, -0.2) is 16.3 Å². The average molecular weight is 278 g/mol. The summed E-state index contributed by atoms with van der Waals surface area (Å²) in [6.45, 7) is 2.56. The van der Waals surface area contributed by atoms with Gasteiger partial charge < -0.3 is 5.73 Å². The molecule has 0 aliphatic rings. The van der Waals surface area contributed by atoms with Crippen LogP contribution < -0.4 is 5.73 Å². The zero-order valence-corrected chi connectivity index (χ0v) is 11.2. The first-order valence-electron chi connectivity index (χ1n) is 5.77. The van der Waals surface area contributed by atoms with Gasteiger partial charge in [0.2, 0.25) is 0 Å². The first kappa shape index (κ1) is 13.6. The van der Waals surface area contributed by atoms with Gasteiger partial charge in [-0.2, -0.15) is 5.10 Å². The number of hydrogen-bond acceptors (Lipinski definition) is 2. The monoisotopic (exact) mass is 277 g/mol. The summed E-state index contributed by atoms with van der Waals surface area (Å²) in [6.07, 6.45) is 1.74. The third-order valence-corrected chi connectivity index (χ3v) is 2.96. The smallest absolute Gasteiger partial charge is 0.138 e. The number of aromatic nitrogens is 2. The van der Waals surface area contributed by atoms with Crippen molar-refractivity contribution in [1.82, 2.24) is 9.78 Å². The Kier molecular flexibility index (Phi) is 4.20. The van der Waals surface area contributed by atoms with Gasteiger partial charge in [-0.15, -0.1) is 0 Å². The Hall–Kier alpha value is -1.83. The van der Waals surface area contributed by atoms with Crippen molar-refractivity contribution in [3.63, 3.8) is 0 Å². The first-order valence-corrected chi connectivity index (χ1v) is 6.15. The zero-order valence-electron chi connectivity index (χ0n) is 10.5. The van der Waals surface area contributed by atoms with Crippen LogP contribution in [0.4, 0.5) is 4.39 Å². The highest BCUT2D eigenvalue weighted by Crippen LogP contribution is 2.15. The van der Waals surface area contributed by atoms with Crippen molar-refractivity contribution in [3.05, 3.63) is 52.1 Å². The maximum absolute atomic E-state index is 13.5. The van der Waals surface area contributed by atoms with Gasteiger partial charge in [0.25, 0.3) is 0 Å². The molecule has 0 amide bonds. The quantitative estimate of drug-likeness (QED) is 0.857. The van der Waals surface area contributed by atoms with Gasteiger partial charge in [-0.1, -0.05) is 29.5 Å². The third kappa shape index (κ3) is 3.34. The molecule has 0 saturated heterocycles. The molecule has 1 aromatic heterocycles. The van der Waals surface area contributed by atoms with Crippen LogP contribution in [0.1, 0.15) is 16.8 Å². The standard InChI is InChI=1S/C14H13ClFN3/c1-10-13(15)9-19(18-10)8-11-4-5-14(16)12(7-11)3-2-6-17/h4-5,7,9H,6,8,17H2,1H3. The molecule has 0 aliphatic heterocycles. The van der Waals surface area contributed by atoms with E-state index in [1.165, 1.54) is 6.07 Å². The summed E-state index contributed by atoms with van der Waals surface area (Å²) in [6, 6.07) is 4.80. The molecule has 0 radical (unpaired) electrons. The minimum Gasteiger partial charge on any atom is -0.320 e. The Balaban J connectivity index is 2.26. The van der Waals surface area contributed by atoms with Crippen LogP contribution in [0.3, 0.4) is 0 Å². The van der Waals surface area contributed by atoms with Crippen LogP contribution in [-0.2, 0) is 6.54 Å². The minimum atomic E-state index is -0.348. The summed E-state index contributed by atoms with van der Waals surface area (Å²) in [4.78, 5) is 0. The van der Waals surface area contributed by atoms with Gasteiger partial charge in [0, 0.05) is 6.20 Å². The molecule has 2 rings (SSSR count). The van der Waals surface area contributed by atoms with E-state index in [-0.39, 0.29) is 12.4 Å². The van der Waals surface area contributed by atoms with Crippen LogP contribution in [0.5, 0.6) is 0 Å². The van der Waals surface area contributed by atoms with Crippen molar-refractivity contribution in [1.29, 1.82) is 0 Å². The van der Waals surface area contributed by atoms with Crippen LogP contribution in [0.2, 0.25) is 5.02 Å². The third-order valence-electron chi connectivity index (χ3n) is 2.59. The molecule has 0 bridgehead atoms. The average Bonchev–Trinajstić information content (AvgIpc) is 2.69. The molecule has 2 N–H and O–H groups in total. The van der Waals surface area contributed by atoms with Crippen molar-refractivity contribution in [2.24, 2.45) is 5.73 Å². The summed E-state index contributed by atoms with van der Waals surface area (Å²) < 4.78 is 15.2. The largest absolute Gasteiger partial charge is 0.320 e. The molecule has 0 aliphatic carbocycles. The Morgan fingerprint density at radius 3 is 2.89 bits per heavy atom. The molecular weight excluding hydrogens is 265 g/mol. The molecule has 0 spiro atoms. The number of hydrogen-bond donors (Lipinski definition) is 1. The fourth-order valence-corrected chi connectivity index (χ4v) is 1.82. The van der Waals surface area contributed by atoms with Crippen LogP contribution in [0.15, 0.2) is 24.4 Å². The SMILES string of the molecule is Cc1nn(Cc2ccc(F)c(C#CCN)c2)cc1Cl. The maximum Gasteiger partial charge on any atom is 0.138 e. The second kappa shape index (κ2) is 5.87. The van der Waals surface area contributed by atoms with E-state index in [2.05, 4.69) is 16.9 Å². The topological polar surface area (TPSA) is 43.8 Å². The normalized spacial score (nSPS) is 10.1. The van der Waals surface area contributed by atoms with Gasteiger partial charge in [0.05, 0.1) is 29.4 Å². The number of aryl methyl sites for hydroxylation is 1. The van der Waals surface area contributed by atoms with Gasteiger partial charge in [-0.05, 0) is 24.6 Å². The molecule has 0 atom stereocenters. The molecule has 5 heteroatoms. The number of benzene rings is 1. The van der Waals surface area contributed by atoms with Crippen molar-refractivity contribution in [2.75, 3.05) is 6.54 Å². The summed E-state index contributed by atoms with van der Waals surface area (Å²) in [5, 5.41) is 4.87. The lowest BCUT2D eigenvalue weighted by Crippen LogP contribution is -2.01. The van der Waals surface area contributed by atoms with Crippen molar-refractivity contribution in [3.8, 4) is 11.8 Å². The van der Waals surface area contributed by atoms with Crippen LogP contribution >= 0.6 is 11.6 Å². The number of halogens is 2. The Morgan fingerprint density at radius 2 is 2.26 bits per heavy atom. The van der Waals surface area contributed by atoms with E-state index in [4.69, 9.17) is 17.3 Å². The fraction of sp³-hybridized carbons (Fsp3) is 0.214. The lowest BCUT2D eigenvalue weighted by atomic mass is 10.1. The molecule has 3 nitrogen and oxygen atoms in total. The van der Waals surface area contributed by atoms with Gasteiger partial charge in [0.15, 0.2) is 0 Å². The maximum atomic E-state index is 13.5. The van der Waals surface area contributed by atoms with E-state index in [0.717, 1.165) is 11.3 Å². The predicted molar refractivity (Wildman–Crippen MR) is 73.4 cm³/mol. The van der Waals surface area contributed by atoms with Gasteiger partial charge in [-0.3, -0.25) is 4.68 Å².